The SMILES string of the molecule is COc1cccc2c1O[C@@](C)(CCCC(C)C)[C@H]1CC3(CO[C@H]21)CN(C(=O)OC(C)(C)C)C3. The third-order valence-electron chi connectivity index (χ3n) is 7.40. The summed E-state index contributed by atoms with van der Waals surface area (Å²) < 4.78 is 24.6. The van der Waals surface area contributed by atoms with E-state index in [0.717, 1.165) is 36.3 Å². The Balaban J connectivity index is 1.55. The summed E-state index contributed by atoms with van der Waals surface area (Å²) in [5.74, 6) is 2.48. The number of methoxy groups -OCH3 is 1. The number of nitrogens with zero attached hydrogens (tertiary/aromatic N) is 1. The third kappa shape index (κ3) is 4.82. The van der Waals surface area contributed by atoms with Crippen LogP contribution in [0.1, 0.15) is 78.9 Å². The van der Waals surface area contributed by atoms with E-state index in [2.05, 4.69) is 26.8 Å². The minimum atomic E-state index is -0.483. The van der Waals surface area contributed by atoms with Crippen molar-refractivity contribution in [3.63, 3.8) is 0 Å². The molecule has 0 N–H and O–H groups in total. The molecule has 0 radical (unpaired) electrons. The number of para-hydroxylation sites is 1. The molecular formula is C27H41NO5. The average molecular weight is 460 g/mol. The average Bonchev–Trinajstić information content (AvgIpc) is 2.70. The maximum Gasteiger partial charge on any atom is 0.410 e. The third-order valence-corrected chi connectivity index (χ3v) is 7.40. The molecule has 3 heterocycles. The first kappa shape index (κ1) is 24.2. The maximum absolute atomic E-state index is 12.5. The molecule has 6 heteroatoms. The summed E-state index contributed by atoms with van der Waals surface area (Å²) in [6.07, 6.45) is 3.98. The molecule has 3 aliphatic rings. The summed E-state index contributed by atoms with van der Waals surface area (Å²) in [5.41, 5.74) is 0.222. The van der Waals surface area contributed by atoms with Crippen molar-refractivity contribution in [1.82, 2.24) is 4.90 Å². The van der Waals surface area contributed by atoms with Gasteiger partial charge in [-0.2, -0.15) is 0 Å². The number of carbonyl (C=O) groups excluding carboxylic acids is 1. The zero-order valence-corrected chi connectivity index (χ0v) is 21.4. The molecule has 0 aromatic heterocycles. The van der Waals surface area contributed by atoms with Gasteiger partial charge in [0.2, 0.25) is 0 Å². The molecule has 0 aliphatic carbocycles. The van der Waals surface area contributed by atoms with Crippen LogP contribution in [0, 0.1) is 17.3 Å². The number of carbonyl (C=O) groups is 1. The predicted octanol–water partition coefficient (Wildman–Crippen LogP) is 5.99. The Labute approximate surface area is 198 Å². The minimum absolute atomic E-state index is 0.0194. The Morgan fingerprint density at radius 2 is 2.00 bits per heavy atom. The summed E-state index contributed by atoms with van der Waals surface area (Å²) in [6, 6.07) is 6.08. The molecule has 1 amide bonds. The van der Waals surface area contributed by atoms with Gasteiger partial charge in [-0.3, -0.25) is 0 Å². The normalized spacial score (nSPS) is 27.9. The monoisotopic (exact) mass is 459 g/mol. The number of benzene rings is 1. The highest BCUT2D eigenvalue weighted by molar-refractivity contribution is 5.69. The zero-order chi connectivity index (χ0) is 24.0. The molecule has 4 rings (SSSR count). The molecule has 2 saturated heterocycles. The number of hydrogen-bond donors (Lipinski definition) is 0. The Kier molecular flexibility index (Phi) is 6.36. The molecule has 6 nitrogen and oxygen atoms in total. The summed E-state index contributed by atoms with van der Waals surface area (Å²) >= 11 is 0. The van der Waals surface area contributed by atoms with Crippen molar-refractivity contribution in [2.24, 2.45) is 17.3 Å². The van der Waals surface area contributed by atoms with Gasteiger partial charge in [-0.15, -0.1) is 0 Å². The fourth-order valence-corrected chi connectivity index (χ4v) is 5.73. The Hall–Kier alpha value is -1.95. The molecule has 1 aromatic carbocycles. The van der Waals surface area contributed by atoms with E-state index in [4.69, 9.17) is 18.9 Å². The summed E-state index contributed by atoms with van der Waals surface area (Å²) in [6.45, 7) is 14.5. The van der Waals surface area contributed by atoms with Crippen molar-refractivity contribution < 1.29 is 23.7 Å². The summed E-state index contributed by atoms with van der Waals surface area (Å²) in [7, 11) is 1.69. The van der Waals surface area contributed by atoms with Gasteiger partial charge in [0.15, 0.2) is 11.5 Å². The molecule has 0 unspecified atom stereocenters. The van der Waals surface area contributed by atoms with E-state index in [1.807, 2.05) is 37.8 Å². The van der Waals surface area contributed by atoms with E-state index < -0.39 is 5.60 Å². The van der Waals surface area contributed by atoms with E-state index in [-0.39, 0.29) is 29.1 Å². The molecule has 2 fully saturated rings. The highest BCUT2D eigenvalue weighted by atomic mass is 16.6. The van der Waals surface area contributed by atoms with Crippen LogP contribution in [-0.2, 0) is 9.47 Å². The fourth-order valence-electron chi connectivity index (χ4n) is 5.73. The van der Waals surface area contributed by atoms with Gasteiger partial charge in [0.25, 0.3) is 0 Å². The second-order valence-electron chi connectivity index (χ2n) is 12.0. The molecule has 1 spiro atoms. The van der Waals surface area contributed by atoms with Gasteiger partial charge >= 0.3 is 6.09 Å². The maximum atomic E-state index is 12.5. The zero-order valence-electron chi connectivity index (χ0n) is 21.4. The topological polar surface area (TPSA) is 57.2 Å². The van der Waals surface area contributed by atoms with Crippen molar-refractivity contribution >= 4 is 6.09 Å². The van der Waals surface area contributed by atoms with Crippen LogP contribution in [0.25, 0.3) is 0 Å². The predicted molar refractivity (Wildman–Crippen MR) is 128 cm³/mol. The van der Waals surface area contributed by atoms with Gasteiger partial charge in [-0.05, 0) is 58.9 Å². The van der Waals surface area contributed by atoms with Crippen molar-refractivity contribution in [2.45, 2.75) is 84.5 Å². The highest BCUT2D eigenvalue weighted by Gasteiger charge is 2.58. The van der Waals surface area contributed by atoms with Crippen LogP contribution >= 0.6 is 0 Å². The second-order valence-corrected chi connectivity index (χ2v) is 12.0. The van der Waals surface area contributed by atoms with Crippen LogP contribution in [0.15, 0.2) is 18.2 Å². The molecule has 184 valence electrons. The molecular weight excluding hydrogens is 418 g/mol. The molecule has 3 aliphatic heterocycles. The number of rotatable bonds is 5. The molecule has 0 bridgehead atoms. The second kappa shape index (κ2) is 8.68. The largest absolute Gasteiger partial charge is 0.493 e. The number of ether oxygens (including phenoxy) is 4. The molecule has 0 saturated carbocycles. The van der Waals surface area contributed by atoms with Crippen LogP contribution in [0.2, 0.25) is 0 Å². The fraction of sp³-hybridized carbons (Fsp3) is 0.741. The van der Waals surface area contributed by atoms with Crippen LogP contribution in [-0.4, -0.2) is 49.0 Å². The van der Waals surface area contributed by atoms with Crippen LogP contribution in [0.5, 0.6) is 11.5 Å². The van der Waals surface area contributed by atoms with Gasteiger partial charge in [0.05, 0.1) is 19.8 Å². The van der Waals surface area contributed by atoms with Crippen LogP contribution in [0.4, 0.5) is 4.79 Å². The summed E-state index contributed by atoms with van der Waals surface area (Å²) in [4.78, 5) is 14.4. The van der Waals surface area contributed by atoms with Gasteiger partial charge in [0, 0.05) is 30.0 Å². The molecule has 33 heavy (non-hydrogen) atoms. The lowest BCUT2D eigenvalue weighted by molar-refractivity contribution is -0.200. The number of hydrogen-bond acceptors (Lipinski definition) is 5. The van der Waals surface area contributed by atoms with Crippen molar-refractivity contribution in [1.29, 1.82) is 0 Å². The number of likely N-dealkylation sites (tertiary alicyclic amines) is 1. The van der Waals surface area contributed by atoms with Crippen molar-refractivity contribution in [3.8, 4) is 11.5 Å². The lowest BCUT2D eigenvalue weighted by Crippen LogP contribution is -2.65. The number of amides is 1. The van der Waals surface area contributed by atoms with Crippen LogP contribution in [0.3, 0.4) is 0 Å². The van der Waals surface area contributed by atoms with E-state index >= 15 is 0 Å². The van der Waals surface area contributed by atoms with Gasteiger partial charge in [0.1, 0.15) is 11.2 Å². The van der Waals surface area contributed by atoms with E-state index in [1.165, 1.54) is 6.42 Å². The van der Waals surface area contributed by atoms with Crippen molar-refractivity contribution in [3.05, 3.63) is 23.8 Å². The first-order valence-electron chi connectivity index (χ1n) is 12.4. The Morgan fingerprint density at radius 1 is 1.27 bits per heavy atom. The van der Waals surface area contributed by atoms with Crippen molar-refractivity contribution in [2.75, 3.05) is 26.8 Å². The first-order valence-corrected chi connectivity index (χ1v) is 12.4. The van der Waals surface area contributed by atoms with Gasteiger partial charge in [-0.25, -0.2) is 4.79 Å². The minimum Gasteiger partial charge on any atom is -0.493 e. The van der Waals surface area contributed by atoms with Gasteiger partial charge < -0.3 is 23.8 Å². The van der Waals surface area contributed by atoms with E-state index in [9.17, 15) is 4.79 Å². The van der Waals surface area contributed by atoms with E-state index in [1.54, 1.807) is 7.11 Å². The highest BCUT2D eigenvalue weighted by Crippen LogP contribution is 2.58. The van der Waals surface area contributed by atoms with Gasteiger partial charge in [-0.1, -0.05) is 32.4 Å². The molecule has 3 atom stereocenters. The van der Waals surface area contributed by atoms with Crippen LogP contribution < -0.4 is 9.47 Å². The van der Waals surface area contributed by atoms with E-state index in [0.29, 0.717) is 25.6 Å². The summed E-state index contributed by atoms with van der Waals surface area (Å²) in [5, 5.41) is 0. The molecule has 1 aromatic rings. The lowest BCUT2D eigenvalue weighted by Gasteiger charge is -2.58. The standard InChI is InChI=1S/C27H41NO5/c1-18(2)10-9-13-26(6)20-14-27(15-28(16-27)24(29)33-25(3,4)5)17-31-22(20)19-11-8-12-21(30-7)23(19)32-26/h8,11-12,18,20,22H,9-10,13-17H2,1-7H3/t20-,22+,26-/m0/s1. The first-order chi connectivity index (χ1) is 15.5. The Bertz CT molecular complexity index is 870. The smallest absolute Gasteiger partial charge is 0.410 e. The Morgan fingerprint density at radius 3 is 2.64 bits per heavy atom. The quantitative estimate of drug-likeness (QED) is 0.541. The number of fused-ring (bicyclic) bond motifs is 3. The lowest BCUT2D eigenvalue weighted by atomic mass is 9.63.